The summed E-state index contributed by atoms with van der Waals surface area (Å²) in [6, 6.07) is 2.53. The smallest absolute Gasteiger partial charge is 0.179 e. The molecule has 1 saturated heterocycles. The highest BCUT2D eigenvalue weighted by atomic mass is 16.2. The van der Waals surface area contributed by atoms with Crippen LogP contribution in [-0.4, -0.2) is 61.3 Å². The number of aliphatic hydroxyl groups is 1. The summed E-state index contributed by atoms with van der Waals surface area (Å²) in [6.07, 6.45) is 3.53. The third kappa shape index (κ3) is 4.46. The fraction of sp³-hybridized carbons (Fsp3) is 0.762. The van der Waals surface area contributed by atoms with Gasteiger partial charge in [0.25, 0.3) is 0 Å². The van der Waals surface area contributed by atoms with Crippen LogP contribution < -0.4 is 0 Å². The van der Waals surface area contributed by atoms with Gasteiger partial charge in [0, 0.05) is 18.7 Å². The van der Waals surface area contributed by atoms with Crippen LogP contribution in [0, 0.1) is 0 Å². The molecule has 0 spiro atoms. The molecule has 28 heavy (non-hydrogen) atoms. The number of aryl methyl sites for hydroxylation is 1. The molecule has 1 fully saturated rings. The minimum absolute atomic E-state index is 0.0873. The number of nitrogens with zero attached hydrogens (tertiary/aromatic N) is 6. The van der Waals surface area contributed by atoms with Crippen LogP contribution in [0.4, 0.5) is 0 Å². The zero-order valence-electron chi connectivity index (χ0n) is 18.3. The number of aliphatic hydroxyl groups excluding tert-OH is 1. The van der Waals surface area contributed by atoms with Crippen molar-refractivity contribution in [2.45, 2.75) is 77.8 Å². The Morgan fingerprint density at radius 2 is 1.86 bits per heavy atom. The van der Waals surface area contributed by atoms with E-state index >= 15 is 0 Å². The van der Waals surface area contributed by atoms with Crippen molar-refractivity contribution in [3.8, 4) is 11.5 Å². The predicted molar refractivity (Wildman–Crippen MR) is 112 cm³/mol. The molecule has 2 aromatic heterocycles. The molecule has 0 atom stereocenters. The van der Waals surface area contributed by atoms with E-state index in [0.29, 0.717) is 24.8 Å². The average molecular weight is 389 g/mol. The summed E-state index contributed by atoms with van der Waals surface area (Å²) in [7, 11) is 2.17. The molecule has 0 saturated carbocycles. The molecule has 0 aliphatic carbocycles. The number of likely N-dealkylation sites (tertiary alicyclic amines) is 1. The zero-order chi connectivity index (χ0) is 20.5. The van der Waals surface area contributed by atoms with Crippen molar-refractivity contribution in [1.82, 2.24) is 29.4 Å². The van der Waals surface area contributed by atoms with Crippen LogP contribution in [0.15, 0.2) is 6.07 Å². The van der Waals surface area contributed by atoms with E-state index in [0.717, 1.165) is 43.3 Å². The molecule has 7 nitrogen and oxygen atoms in total. The fourth-order valence-electron chi connectivity index (χ4n) is 3.83. The van der Waals surface area contributed by atoms with E-state index in [1.165, 1.54) is 5.69 Å². The molecular formula is C21H36N6O. The maximum atomic E-state index is 9.21. The molecule has 156 valence electrons. The number of rotatable bonds is 6. The third-order valence-corrected chi connectivity index (χ3v) is 5.46. The summed E-state index contributed by atoms with van der Waals surface area (Å²) in [5, 5.41) is 19.0. The van der Waals surface area contributed by atoms with Gasteiger partial charge in [0.05, 0.1) is 11.6 Å². The molecule has 0 unspecified atom stereocenters. The monoisotopic (exact) mass is 388 g/mol. The van der Waals surface area contributed by atoms with Crippen LogP contribution >= 0.6 is 0 Å². The largest absolute Gasteiger partial charge is 0.396 e. The number of hydrogen-bond acceptors (Lipinski definition) is 5. The third-order valence-electron chi connectivity index (χ3n) is 5.46. The van der Waals surface area contributed by atoms with E-state index < -0.39 is 0 Å². The summed E-state index contributed by atoms with van der Waals surface area (Å²) in [5.74, 6) is 2.06. The van der Waals surface area contributed by atoms with E-state index in [9.17, 15) is 5.11 Å². The van der Waals surface area contributed by atoms with Crippen LogP contribution in [0.25, 0.3) is 11.5 Å². The molecule has 3 rings (SSSR count). The van der Waals surface area contributed by atoms with Gasteiger partial charge < -0.3 is 10.0 Å². The quantitative estimate of drug-likeness (QED) is 0.823. The molecule has 3 heterocycles. The van der Waals surface area contributed by atoms with Crippen molar-refractivity contribution in [3.05, 3.63) is 17.6 Å². The van der Waals surface area contributed by atoms with Crippen molar-refractivity contribution in [2.24, 2.45) is 0 Å². The molecule has 0 amide bonds. The number of aromatic nitrogens is 5. The summed E-state index contributed by atoms with van der Waals surface area (Å²) in [4.78, 5) is 7.23. The van der Waals surface area contributed by atoms with E-state index in [4.69, 9.17) is 15.2 Å². The Hall–Kier alpha value is -1.73. The van der Waals surface area contributed by atoms with E-state index in [-0.39, 0.29) is 12.1 Å². The van der Waals surface area contributed by atoms with Gasteiger partial charge >= 0.3 is 0 Å². The Balaban J connectivity index is 2.03. The Labute approximate surface area is 168 Å². The maximum Gasteiger partial charge on any atom is 0.179 e. The predicted octanol–water partition coefficient (Wildman–Crippen LogP) is 3.21. The molecule has 7 heteroatoms. The number of piperidine rings is 1. The highest BCUT2D eigenvalue weighted by molar-refractivity contribution is 5.51. The molecule has 1 N–H and O–H groups in total. The van der Waals surface area contributed by atoms with E-state index in [1.807, 2.05) is 0 Å². The lowest BCUT2D eigenvalue weighted by atomic mass is 10.0. The minimum atomic E-state index is -0.0873. The van der Waals surface area contributed by atoms with Gasteiger partial charge in [-0.1, -0.05) is 13.8 Å². The van der Waals surface area contributed by atoms with Crippen LogP contribution in [0.3, 0.4) is 0 Å². The van der Waals surface area contributed by atoms with Gasteiger partial charge in [-0.15, -0.1) is 0 Å². The Kier molecular flexibility index (Phi) is 6.25. The first-order valence-corrected chi connectivity index (χ1v) is 10.6. The van der Waals surface area contributed by atoms with E-state index in [1.54, 1.807) is 0 Å². The second-order valence-electron chi connectivity index (χ2n) is 9.35. The van der Waals surface area contributed by atoms with Gasteiger partial charge in [-0.2, -0.15) is 10.2 Å². The van der Waals surface area contributed by atoms with Crippen molar-refractivity contribution in [3.63, 3.8) is 0 Å². The molecule has 1 aliphatic rings. The first-order chi connectivity index (χ1) is 13.2. The molecular weight excluding hydrogens is 352 g/mol. The lowest BCUT2D eigenvalue weighted by molar-refractivity contribution is 0.213. The summed E-state index contributed by atoms with van der Waals surface area (Å²) >= 11 is 0. The fourth-order valence-corrected chi connectivity index (χ4v) is 3.83. The zero-order valence-corrected chi connectivity index (χ0v) is 18.3. The Morgan fingerprint density at radius 3 is 2.39 bits per heavy atom. The van der Waals surface area contributed by atoms with Crippen LogP contribution in [-0.2, 0) is 12.0 Å². The van der Waals surface area contributed by atoms with Gasteiger partial charge in [-0.3, -0.25) is 4.68 Å². The Morgan fingerprint density at radius 1 is 1.18 bits per heavy atom. The van der Waals surface area contributed by atoms with Crippen molar-refractivity contribution in [1.29, 1.82) is 0 Å². The lowest BCUT2D eigenvalue weighted by Crippen LogP contribution is -2.32. The maximum absolute atomic E-state index is 9.21. The van der Waals surface area contributed by atoms with Gasteiger partial charge in [0.15, 0.2) is 11.6 Å². The van der Waals surface area contributed by atoms with Crippen molar-refractivity contribution in [2.75, 3.05) is 26.7 Å². The second kappa shape index (κ2) is 8.33. The standard InChI is InChI=1S/C21H36N6O/c1-15(2)18-14-17(23-27(18)21(3,4)5)20-22-19(8-7-13-28)24-26(20)16-9-11-25(6)12-10-16/h14-16,28H,7-13H2,1-6H3. The van der Waals surface area contributed by atoms with E-state index in [2.05, 4.69) is 62.0 Å². The SMILES string of the molecule is CC(C)c1cc(-c2nc(CCCO)nn2C2CCN(C)CC2)nn1C(C)(C)C. The lowest BCUT2D eigenvalue weighted by Gasteiger charge is -2.29. The highest BCUT2D eigenvalue weighted by Crippen LogP contribution is 2.31. The van der Waals surface area contributed by atoms with Gasteiger partial charge in [-0.05, 0) is 72.2 Å². The average Bonchev–Trinajstić information content (AvgIpc) is 3.25. The van der Waals surface area contributed by atoms with Crippen molar-refractivity contribution < 1.29 is 5.11 Å². The first kappa shape index (κ1) is 21.0. The summed E-state index contributed by atoms with van der Waals surface area (Å²) in [5.41, 5.74) is 2.04. The summed E-state index contributed by atoms with van der Waals surface area (Å²) in [6.45, 7) is 13.3. The molecule has 0 radical (unpaired) electrons. The molecule has 1 aliphatic heterocycles. The normalized spacial score (nSPS) is 17.0. The topological polar surface area (TPSA) is 72.0 Å². The van der Waals surface area contributed by atoms with Crippen LogP contribution in [0.5, 0.6) is 0 Å². The van der Waals surface area contributed by atoms with Gasteiger partial charge in [-0.25, -0.2) is 9.67 Å². The second-order valence-corrected chi connectivity index (χ2v) is 9.35. The van der Waals surface area contributed by atoms with Crippen LogP contribution in [0.1, 0.15) is 77.4 Å². The minimum Gasteiger partial charge on any atom is -0.396 e. The van der Waals surface area contributed by atoms with Crippen molar-refractivity contribution >= 4 is 0 Å². The van der Waals surface area contributed by atoms with Crippen LogP contribution in [0.2, 0.25) is 0 Å². The molecule has 0 aromatic carbocycles. The Bertz CT molecular complexity index is 777. The first-order valence-electron chi connectivity index (χ1n) is 10.6. The summed E-state index contributed by atoms with van der Waals surface area (Å²) < 4.78 is 4.24. The van der Waals surface area contributed by atoms with Gasteiger partial charge in [0.2, 0.25) is 0 Å². The van der Waals surface area contributed by atoms with Gasteiger partial charge in [0.1, 0.15) is 5.69 Å². The highest BCUT2D eigenvalue weighted by Gasteiger charge is 2.27. The molecule has 2 aromatic rings. The molecule has 0 bridgehead atoms. The number of hydrogen-bond donors (Lipinski definition) is 1.